The van der Waals surface area contributed by atoms with E-state index in [1.54, 1.807) is 60.7 Å². The van der Waals surface area contributed by atoms with E-state index in [4.69, 9.17) is 23.2 Å². The van der Waals surface area contributed by atoms with Gasteiger partial charge in [0.05, 0.1) is 17.1 Å². The Bertz CT molecular complexity index is 1650. The highest BCUT2D eigenvalue weighted by Crippen LogP contribution is 2.31. The van der Waals surface area contributed by atoms with E-state index in [1.165, 1.54) is 4.31 Å². The van der Waals surface area contributed by atoms with Crippen molar-refractivity contribution in [3.63, 3.8) is 0 Å². The molecule has 9 heteroatoms. The molecule has 4 aromatic carbocycles. The Labute approximate surface area is 251 Å². The summed E-state index contributed by atoms with van der Waals surface area (Å²) in [4.78, 5) is 17.6. The third-order valence-corrected chi connectivity index (χ3v) is 9.62. The second kappa shape index (κ2) is 12.1. The lowest BCUT2D eigenvalue weighted by Gasteiger charge is -2.37. The summed E-state index contributed by atoms with van der Waals surface area (Å²) in [6.45, 7) is 6.64. The van der Waals surface area contributed by atoms with E-state index in [1.807, 2.05) is 42.2 Å². The molecule has 0 saturated carbocycles. The zero-order valence-corrected chi connectivity index (χ0v) is 25.3. The molecule has 0 spiro atoms. The van der Waals surface area contributed by atoms with E-state index in [0.717, 1.165) is 35.5 Å². The van der Waals surface area contributed by atoms with Gasteiger partial charge in [0.2, 0.25) is 0 Å². The smallest absolute Gasteiger partial charge is 0.264 e. The van der Waals surface area contributed by atoms with Crippen molar-refractivity contribution in [2.75, 3.05) is 35.4 Å². The van der Waals surface area contributed by atoms with Crippen LogP contribution >= 0.6 is 23.2 Å². The summed E-state index contributed by atoms with van der Waals surface area (Å²) >= 11 is 12.5. The maximum absolute atomic E-state index is 13.8. The van der Waals surface area contributed by atoms with Crippen LogP contribution in [0.1, 0.15) is 27.0 Å². The monoisotopic (exact) mass is 607 g/mol. The van der Waals surface area contributed by atoms with E-state index >= 15 is 0 Å². The number of halogens is 2. The zero-order chi connectivity index (χ0) is 29.1. The summed E-state index contributed by atoms with van der Waals surface area (Å²) < 4.78 is 28.9. The van der Waals surface area contributed by atoms with Crippen LogP contribution in [0.5, 0.6) is 0 Å². The number of piperazine rings is 1. The van der Waals surface area contributed by atoms with Crippen molar-refractivity contribution in [1.82, 2.24) is 4.90 Å². The molecule has 1 amide bonds. The highest BCUT2D eigenvalue weighted by atomic mass is 35.5. The molecule has 0 N–H and O–H groups in total. The molecule has 0 unspecified atom stereocenters. The van der Waals surface area contributed by atoms with Gasteiger partial charge in [0.1, 0.15) is 0 Å². The number of benzene rings is 4. The minimum Gasteiger partial charge on any atom is -0.368 e. The quantitative estimate of drug-likeness (QED) is 0.228. The first-order valence-corrected chi connectivity index (χ1v) is 15.6. The molecule has 6 nitrogen and oxygen atoms in total. The van der Waals surface area contributed by atoms with Crippen molar-refractivity contribution in [2.45, 2.75) is 25.3 Å². The maximum Gasteiger partial charge on any atom is 0.264 e. The van der Waals surface area contributed by atoms with Gasteiger partial charge in [-0.05, 0) is 79.1 Å². The molecule has 4 aromatic rings. The Morgan fingerprint density at radius 3 is 2.05 bits per heavy atom. The molecule has 5 rings (SSSR count). The Balaban J connectivity index is 1.33. The number of aryl methyl sites for hydroxylation is 2. The van der Waals surface area contributed by atoms with Crippen molar-refractivity contribution >= 4 is 50.5 Å². The van der Waals surface area contributed by atoms with Gasteiger partial charge in [-0.25, -0.2) is 8.42 Å². The summed E-state index contributed by atoms with van der Waals surface area (Å²) in [5.41, 5.74) is 4.86. The molecule has 1 aliphatic rings. The summed E-state index contributed by atoms with van der Waals surface area (Å²) in [6, 6.07) is 26.6. The van der Waals surface area contributed by atoms with Crippen molar-refractivity contribution in [3.8, 4) is 0 Å². The molecule has 0 aliphatic carbocycles. The molecule has 212 valence electrons. The molecular formula is C32H31Cl2N3O3S. The van der Waals surface area contributed by atoms with Gasteiger partial charge in [-0.1, -0.05) is 65.7 Å². The van der Waals surface area contributed by atoms with E-state index in [0.29, 0.717) is 34.4 Å². The predicted octanol–water partition coefficient (Wildman–Crippen LogP) is 6.97. The summed E-state index contributed by atoms with van der Waals surface area (Å²) in [7, 11) is -3.88. The molecule has 1 fully saturated rings. The van der Waals surface area contributed by atoms with Crippen LogP contribution in [0.15, 0.2) is 95.9 Å². The average molecular weight is 609 g/mol. The molecular weight excluding hydrogens is 577 g/mol. The lowest BCUT2D eigenvalue weighted by atomic mass is 10.1. The van der Waals surface area contributed by atoms with Crippen LogP contribution in [-0.4, -0.2) is 45.4 Å². The van der Waals surface area contributed by atoms with Gasteiger partial charge in [0.15, 0.2) is 0 Å². The average Bonchev–Trinajstić information content (AvgIpc) is 2.99. The van der Waals surface area contributed by atoms with Gasteiger partial charge in [-0.2, -0.15) is 0 Å². The normalized spacial score (nSPS) is 13.8. The Hall–Kier alpha value is -3.52. The summed E-state index contributed by atoms with van der Waals surface area (Å²) in [5, 5.41) is 1.15. The third kappa shape index (κ3) is 6.38. The number of hydrogen-bond acceptors (Lipinski definition) is 4. The van der Waals surface area contributed by atoms with Gasteiger partial charge in [-0.15, -0.1) is 0 Å². The SMILES string of the molecule is Cc1ccc(Cl)cc1N1CCN(C(=O)c2ccc(CN(c3cc(Cl)ccc3C)S(=O)(=O)c3ccccc3)cc2)CC1. The number of rotatable bonds is 7. The third-order valence-electron chi connectivity index (χ3n) is 7.38. The van der Waals surface area contributed by atoms with Crippen LogP contribution in [0.4, 0.5) is 11.4 Å². The number of anilines is 2. The highest BCUT2D eigenvalue weighted by molar-refractivity contribution is 7.92. The van der Waals surface area contributed by atoms with Gasteiger partial charge < -0.3 is 9.80 Å². The largest absolute Gasteiger partial charge is 0.368 e. The summed E-state index contributed by atoms with van der Waals surface area (Å²) in [6.07, 6.45) is 0. The fourth-order valence-electron chi connectivity index (χ4n) is 5.05. The number of nitrogens with zero attached hydrogens (tertiary/aromatic N) is 3. The van der Waals surface area contributed by atoms with E-state index in [-0.39, 0.29) is 17.3 Å². The minimum atomic E-state index is -3.88. The van der Waals surface area contributed by atoms with Crippen LogP contribution in [0.2, 0.25) is 10.0 Å². The van der Waals surface area contributed by atoms with Crippen LogP contribution in [0.3, 0.4) is 0 Å². The Morgan fingerprint density at radius 2 is 1.39 bits per heavy atom. The maximum atomic E-state index is 13.8. The fraction of sp³-hybridized carbons (Fsp3) is 0.219. The molecule has 0 aromatic heterocycles. The molecule has 1 heterocycles. The van der Waals surface area contributed by atoms with Gasteiger partial charge >= 0.3 is 0 Å². The number of carbonyl (C=O) groups excluding carboxylic acids is 1. The second-order valence-electron chi connectivity index (χ2n) is 10.2. The lowest BCUT2D eigenvalue weighted by Crippen LogP contribution is -2.49. The first kappa shape index (κ1) is 29.0. The van der Waals surface area contributed by atoms with Crippen molar-refractivity contribution in [2.24, 2.45) is 0 Å². The summed E-state index contributed by atoms with van der Waals surface area (Å²) in [5.74, 6) is -0.0431. The van der Waals surface area contributed by atoms with E-state index in [9.17, 15) is 13.2 Å². The van der Waals surface area contributed by atoms with Gasteiger partial charge in [0.25, 0.3) is 15.9 Å². The number of hydrogen-bond donors (Lipinski definition) is 0. The Kier molecular flexibility index (Phi) is 8.59. The molecule has 1 saturated heterocycles. The first-order chi connectivity index (χ1) is 19.6. The number of carbonyl (C=O) groups is 1. The standard InChI is InChI=1S/C32H31Cl2N3O3S/c1-23-8-14-27(33)20-30(23)35-16-18-36(19-17-35)32(38)26-12-10-25(11-13-26)22-37(31-21-28(34)15-9-24(31)2)41(39,40)29-6-4-3-5-7-29/h3-15,20-21H,16-19,22H2,1-2H3. The van der Waals surface area contributed by atoms with Crippen LogP contribution in [-0.2, 0) is 16.6 Å². The first-order valence-electron chi connectivity index (χ1n) is 13.4. The lowest BCUT2D eigenvalue weighted by molar-refractivity contribution is 0.0746. The van der Waals surface area contributed by atoms with Crippen LogP contribution < -0.4 is 9.21 Å². The number of amides is 1. The van der Waals surface area contributed by atoms with Crippen LogP contribution in [0, 0.1) is 13.8 Å². The van der Waals surface area contributed by atoms with E-state index < -0.39 is 10.0 Å². The Morgan fingerprint density at radius 1 is 0.780 bits per heavy atom. The van der Waals surface area contributed by atoms with Gasteiger partial charge in [-0.3, -0.25) is 9.10 Å². The molecule has 41 heavy (non-hydrogen) atoms. The second-order valence-corrected chi connectivity index (χ2v) is 12.9. The zero-order valence-electron chi connectivity index (χ0n) is 22.9. The highest BCUT2D eigenvalue weighted by Gasteiger charge is 2.27. The topological polar surface area (TPSA) is 60.9 Å². The molecule has 0 atom stereocenters. The molecule has 1 aliphatic heterocycles. The predicted molar refractivity (Wildman–Crippen MR) is 167 cm³/mol. The molecule has 0 radical (unpaired) electrons. The fourth-order valence-corrected chi connectivity index (χ4v) is 6.91. The van der Waals surface area contributed by atoms with Crippen LogP contribution in [0.25, 0.3) is 0 Å². The van der Waals surface area contributed by atoms with Crippen molar-refractivity contribution in [1.29, 1.82) is 0 Å². The van der Waals surface area contributed by atoms with Gasteiger partial charge in [0, 0.05) is 47.5 Å². The van der Waals surface area contributed by atoms with Crippen molar-refractivity contribution < 1.29 is 13.2 Å². The van der Waals surface area contributed by atoms with Crippen molar-refractivity contribution in [3.05, 3.63) is 123 Å². The van der Waals surface area contributed by atoms with E-state index in [2.05, 4.69) is 11.8 Å². The minimum absolute atomic E-state index is 0.0431. The molecule has 0 bridgehead atoms. The number of sulfonamides is 1.